The predicted molar refractivity (Wildman–Crippen MR) is 125 cm³/mol. The largest absolute Gasteiger partial charge is 0.464 e. The summed E-state index contributed by atoms with van der Waals surface area (Å²) in [5, 5.41) is 15.7. The SMILES string of the molecule is C=CC1CC1(NC(=O)C1CC(O)CN1C(=O)C(NC(=O)OC(C)(C)C)C(C)(C)C)C(=O)OCC. The molecule has 5 atom stereocenters. The molecule has 1 saturated carbocycles. The van der Waals surface area contributed by atoms with Gasteiger partial charge in [0.25, 0.3) is 0 Å². The van der Waals surface area contributed by atoms with Gasteiger partial charge in [0.2, 0.25) is 11.8 Å². The first kappa shape index (κ1) is 27.6. The van der Waals surface area contributed by atoms with E-state index < -0.39 is 58.6 Å². The molecule has 1 heterocycles. The van der Waals surface area contributed by atoms with Crippen molar-refractivity contribution in [2.45, 2.75) is 90.6 Å². The highest BCUT2D eigenvalue weighted by Crippen LogP contribution is 2.45. The number of amides is 3. The zero-order chi connectivity index (χ0) is 26.1. The number of hydrogen-bond acceptors (Lipinski definition) is 7. The Hall–Kier alpha value is -2.62. The number of nitrogens with zero attached hydrogens (tertiary/aromatic N) is 1. The van der Waals surface area contributed by atoms with Crippen LogP contribution in [0.5, 0.6) is 0 Å². The minimum absolute atomic E-state index is 0.0124. The molecule has 1 saturated heterocycles. The van der Waals surface area contributed by atoms with E-state index in [1.807, 2.05) is 0 Å². The molecule has 0 aromatic carbocycles. The third kappa shape index (κ3) is 6.28. The van der Waals surface area contributed by atoms with Gasteiger partial charge in [0.05, 0.1) is 12.7 Å². The van der Waals surface area contributed by atoms with E-state index in [0.29, 0.717) is 6.42 Å². The molecular weight excluding hydrogens is 442 g/mol. The third-order valence-electron chi connectivity index (χ3n) is 5.92. The number of ether oxygens (including phenoxy) is 2. The van der Waals surface area contributed by atoms with E-state index in [9.17, 15) is 24.3 Å². The topological polar surface area (TPSA) is 134 Å². The van der Waals surface area contributed by atoms with Crippen molar-refractivity contribution in [2.24, 2.45) is 11.3 Å². The lowest BCUT2D eigenvalue weighted by atomic mass is 9.85. The van der Waals surface area contributed by atoms with E-state index in [1.165, 1.54) is 4.90 Å². The van der Waals surface area contributed by atoms with Crippen molar-refractivity contribution in [1.29, 1.82) is 0 Å². The van der Waals surface area contributed by atoms with Crippen molar-refractivity contribution in [3.63, 3.8) is 0 Å². The lowest BCUT2D eigenvalue weighted by Crippen LogP contribution is -2.59. The summed E-state index contributed by atoms with van der Waals surface area (Å²) < 4.78 is 10.4. The van der Waals surface area contributed by atoms with E-state index >= 15 is 0 Å². The average Bonchev–Trinajstić information content (AvgIpc) is 3.26. The minimum Gasteiger partial charge on any atom is -0.464 e. The van der Waals surface area contributed by atoms with Gasteiger partial charge in [-0.15, -0.1) is 6.58 Å². The van der Waals surface area contributed by atoms with Crippen LogP contribution in [0.15, 0.2) is 12.7 Å². The van der Waals surface area contributed by atoms with Gasteiger partial charge >= 0.3 is 12.1 Å². The normalized spacial score (nSPS) is 27.4. The molecule has 0 spiro atoms. The van der Waals surface area contributed by atoms with Gasteiger partial charge in [-0.05, 0) is 39.5 Å². The average molecular weight is 482 g/mol. The molecule has 0 radical (unpaired) electrons. The maximum atomic E-state index is 13.5. The van der Waals surface area contributed by atoms with Crippen LogP contribution in [0.3, 0.4) is 0 Å². The molecule has 2 rings (SSSR count). The second-order valence-corrected chi connectivity index (χ2v) is 11.1. The van der Waals surface area contributed by atoms with E-state index in [-0.39, 0.29) is 25.5 Å². The summed E-state index contributed by atoms with van der Waals surface area (Å²) in [7, 11) is 0. The van der Waals surface area contributed by atoms with Crippen LogP contribution < -0.4 is 10.6 Å². The Morgan fingerprint density at radius 3 is 2.29 bits per heavy atom. The van der Waals surface area contributed by atoms with Crippen LogP contribution in [0.25, 0.3) is 0 Å². The minimum atomic E-state index is -1.21. The molecule has 0 bridgehead atoms. The summed E-state index contributed by atoms with van der Waals surface area (Å²) >= 11 is 0. The number of β-amino-alcohol motifs (C(OH)–C–C–N with tert-alkyl or cyclic N) is 1. The zero-order valence-corrected chi connectivity index (χ0v) is 21.3. The predicted octanol–water partition coefficient (Wildman–Crippen LogP) is 1.51. The zero-order valence-electron chi connectivity index (χ0n) is 21.3. The summed E-state index contributed by atoms with van der Waals surface area (Å²) in [5.74, 6) is -1.91. The van der Waals surface area contributed by atoms with E-state index in [0.717, 1.165) is 0 Å². The molecule has 192 valence electrons. The fourth-order valence-electron chi connectivity index (χ4n) is 4.11. The second-order valence-electron chi connectivity index (χ2n) is 11.1. The van der Waals surface area contributed by atoms with Gasteiger partial charge in [-0.1, -0.05) is 26.8 Å². The van der Waals surface area contributed by atoms with E-state index in [1.54, 1.807) is 54.5 Å². The van der Waals surface area contributed by atoms with Crippen molar-refractivity contribution in [1.82, 2.24) is 15.5 Å². The molecule has 2 fully saturated rings. The fourth-order valence-corrected chi connectivity index (χ4v) is 4.11. The van der Waals surface area contributed by atoms with Gasteiger partial charge in [0.1, 0.15) is 23.2 Å². The first-order valence-corrected chi connectivity index (χ1v) is 11.7. The molecule has 0 aromatic heterocycles. The molecule has 3 N–H and O–H groups in total. The van der Waals surface area contributed by atoms with E-state index in [2.05, 4.69) is 17.2 Å². The molecule has 1 aliphatic carbocycles. The molecule has 34 heavy (non-hydrogen) atoms. The number of aliphatic hydroxyl groups is 1. The quantitative estimate of drug-likeness (QED) is 0.371. The van der Waals surface area contributed by atoms with Crippen LogP contribution in [-0.4, -0.2) is 76.4 Å². The Balaban J connectivity index is 2.24. The van der Waals surface area contributed by atoms with Gasteiger partial charge in [-0.3, -0.25) is 9.59 Å². The Morgan fingerprint density at radius 1 is 1.21 bits per heavy atom. The first-order chi connectivity index (χ1) is 15.6. The van der Waals surface area contributed by atoms with Crippen LogP contribution in [-0.2, 0) is 23.9 Å². The number of esters is 1. The number of nitrogens with one attached hydrogen (secondary N) is 2. The van der Waals surface area contributed by atoms with Gasteiger partial charge in [0.15, 0.2) is 0 Å². The number of aliphatic hydroxyl groups excluding tert-OH is 1. The van der Waals surface area contributed by atoms with Gasteiger partial charge < -0.3 is 30.1 Å². The van der Waals surface area contributed by atoms with Gasteiger partial charge in [0, 0.05) is 18.9 Å². The number of alkyl carbamates (subject to hydrolysis) is 1. The van der Waals surface area contributed by atoms with Crippen molar-refractivity contribution < 1.29 is 33.8 Å². The molecule has 10 heteroatoms. The first-order valence-electron chi connectivity index (χ1n) is 11.7. The van der Waals surface area contributed by atoms with Crippen LogP contribution in [0.4, 0.5) is 4.79 Å². The number of hydrogen-bond donors (Lipinski definition) is 3. The highest BCUT2D eigenvalue weighted by molar-refractivity contribution is 5.96. The number of rotatable bonds is 7. The smallest absolute Gasteiger partial charge is 0.408 e. The second kappa shape index (κ2) is 9.93. The van der Waals surface area contributed by atoms with Crippen molar-refractivity contribution in [3.05, 3.63) is 12.7 Å². The Labute approximate surface area is 201 Å². The molecule has 2 aliphatic rings. The van der Waals surface area contributed by atoms with E-state index in [4.69, 9.17) is 9.47 Å². The monoisotopic (exact) mass is 481 g/mol. The Bertz CT molecular complexity index is 829. The van der Waals surface area contributed by atoms with Crippen molar-refractivity contribution >= 4 is 23.9 Å². The Kier molecular flexibility index (Phi) is 8.07. The van der Waals surface area contributed by atoms with Gasteiger partial charge in [-0.25, -0.2) is 9.59 Å². The summed E-state index contributed by atoms with van der Waals surface area (Å²) in [5.41, 5.74) is -2.68. The van der Waals surface area contributed by atoms with Crippen LogP contribution in [0.1, 0.15) is 61.3 Å². The fraction of sp³-hybridized carbons (Fsp3) is 0.750. The van der Waals surface area contributed by atoms with Crippen molar-refractivity contribution in [2.75, 3.05) is 13.2 Å². The highest BCUT2D eigenvalue weighted by atomic mass is 16.6. The number of carbonyl (C=O) groups is 4. The molecular formula is C24H39N3O7. The Morgan fingerprint density at radius 2 is 1.82 bits per heavy atom. The summed E-state index contributed by atoms with van der Waals surface area (Å²) in [6.07, 6.45) is 0.280. The third-order valence-corrected chi connectivity index (χ3v) is 5.92. The molecule has 10 nitrogen and oxygen atoms in total. The highest BCUT2D eigenvalue weighted by Gasteiger charge is 2.62. The summed E-state index contributed by atoms with van der Waals surface area (Å²) in [6.45, 7) is 16.0. The summed E-state index contributed by atoms with van der Waals surface area (Å²) in [6, 6.07) is -2.02. The molecule has 5 unspecified atom stereocenters. The molecule has 1 aliphatic heterocycles. The van der Waals surface area contributed by atoms with Gasteiger partial charge in [-0.2, -0.15) is 0 Å². The van der Waals surface area contributed by atoms with Crippen LogP contribution in [0, 0.1) is 11.3 Å². The number of likely N-dealkylation sites (tertiary alicyclic amines) is 1. The van der Waals surface area contributed by atoms with Crippen LogP contribution in [0.2, 0.25) is 0 Å². The van der Waals surface area contributed by atoms with Crippen molar-refractivity contribution in [3.8, 4) is 0 Å². The summed E-state index contributed by atoms with van der Waals surface area (Å²) in [4.78, 5) is 53.0. The lowest BCUT2D eigenvalue weighted by Gasteiger charge is -2.36. The maximum absolute atomic E-state index is 13.5. The number of carbonyl (C=O) groups excluding carboxylic acids is 4. The van der Waals surface area contributed by atoms with Crippen LogP contribution >= 0.6 is 0 Å². The molecule has 0 aromatic rings. The maximum Gasteiger partial charge on any atom is 0.408 e. The standard InChI is InChI=1S/C24H39N3O7/c1-9-14-12-24(14,20(31)33-10-2)26-18(29)16-11-15(28)13-27(16)19(30)17(22(3,4)5)25-21(32)34-23(6,7)8/h9,14-17,28H,1,10-13H2,2-8H3,(H,25,32)(H,26,29). The molecule has 3 amide bonds. The lowest BCUT2D eigenvalue weighted by molar-refractivity contribution is -0.150.